The maximum atomic E-state index is 13.4. The minimum atomic E-state index is -0.192. The molecule has 6 nitrogen and oxygen atoms in total. The van der Waals surface area contributed by atoms with Gasteiger partial charge in [-0.25, -0.2) is 4.98 Å². The molecule has 0 aliphatic heterocycles. The van der Waals surface area contributed by atoms with Crippen LogP contribution >= 0.6 is 0 Å². The summed E-state index contributed by atoms with van der Waals surface area (Å²) in [5.41, 5.74) is 4.59. The van der Waals surface area contributed by atoms with Crippen molar-refractivity contribution < 1.29 is 14.3 Å². The van der Waals surface area contributed by atoms with Gasteiger partial charge in [0, 0.05) is 41.5 Å². The molecule has 0 aliphatic rings. The SMILES string of the molecule is CCN(CC)c1ccc(NC(=O)c2cc(-c3ccc(OC)cc3OC)nc3ccccc23)cc1. The quantitative estimate of drug-likeness (QED) is 0.352. The lowest BCUT2D eigenvalue weighted by Crippen LogP contribution is -2.21. The van der Waals surface area contributed by atoms with Crippen molar-refractivity contribution in [3.8, 4) is 22.8 Å². The smallest absolute Gasteiger partial charge is 0.256 e. The standard InChI is InChI=1S/C28H29N3O3/c1-5-31(6-2)20-13-11-19(12-14-20)29-28(32)24-18-26(30-25-10-8-7-9-22(24)25)23-16-15-21(33-3)17-27(23)34-4/h7-18H,5-6H2,1-4H3,(H,29,32). The molecule has 3 aromatic carbocycles. The second kappa shape index (κ2) is 10.3. The highest BCUT2D eigenvalue weighted by molar-refractivity contribution is 6.13. The first-order chi connectivity index (χ1) is 16.6. The van der Waals surface area contributed by atoms with Crippen LogP contribution in [0.3, 0.4) is 0 Å². The van der Waals surface area contributed by atoms with Crippen LogP contribution in [-0.2, 0) is 0 Å². The van der Waals surface area contributed by atoms with Crippen LogP contribution in [0.5, 0.6) is 11.5 Å². The highest BCUT2D eigenvalue weighted by Gasteiger charge is 2.17. The molecule has 34 heavy (non-hydrogen) atoms. The lowest BCUT2D eigenvalue weighted by Gasteiger charge is -2.21. The summed E-state index contributed by atoms with van der Waals surface area (Å²) in [6, 6.07) is 22.9. The van der Waals surface area contributed by atoms with Crippen LogP contribution in [0.2, 0.25) is 0 Å². The van der Waals surface area contributed by atoms with E-state index in [0.29, 0.717) is 22.8 Å². The van der Waals surface area contributed by atoms with Crippen molar-refractivity contribution in [3.63, 3.8) is 0 Å². The Kier molecular flexibility index (Phi) is 6.97. The van der Waals surface area contributed by atoms with Crippen LogP contribution in [0.15, 0.2) is 72.8 Å². The molecule has 0 saturated carbocycles. The van der Waals surface area contributed by atoms with E-state index in [1.165, 1.54) is 0 Å². The summed E-state index contributed by atoms with van der Waals surface area (Å²) in [7, 11) is 3.22. The average Bonchev–Trinajstić information content (AvgIpc) is 2.89. The molecule has 174 valence electrons. The highest BCUT2D eigenvalue weighted by atomic mass is 16.5. The molecule has 0 spiro atoms. The van der Waals surface area contributed by atoms with E-state index >= 15 is 0 Å². The van der Waals surface area contributed by atoms with Crippen molar-refractivity contribution in [2.75, 3.05) is 37.5 Å². The van der Waals surface area contributed by atoms with Crippen molar-refractivity contribution >= 4 is 28.2 Å². The summed E-state index contributed by atoms with van der Waals surface area (Å²) in [5.74, 6) is 1.12. The third kappa shape index (κ3) is 4.66. The van der Waals surface area contributed by atoms with E-state index in [1.807, 2.05) is 72.8 Å². The number of anilines is 2. The monoisotopic (exact) mass is 455 g/mol. The summed E-state index contributed by atoms with van der Waals surface area (Å²) in [5, 5.41) is 3.83. The molecule has 1 aromatic heterocycles. The first kappa shape index (κ1) is 23.1. The summed E-state index contributed by atoms with van der Waals surface area (Å²) < 4.78 is 10.9. The molecule has 0 bridgehead atoms. The second-order valence-corrected chi connectivity index (χ2v) is 7.81. The van der Waals surface area contributed by atoms with E-state index in [1.54, 1.807) is 14.2 Å². The fourth-order valence-corrected chi connectivity index (χ4v) is 4.05. The molecule has 0 saturated heterocycles. The Morgan fingerprint density at radius 1 is 0.912 bits per heavy atom. The van der Waals surface area contributed by atoms with Crippen LogP contribution in [0, 0.1) is 0 Å². The Labute approximate surface area is 200 Å². The van der Waals surface area contributed by atoms with Gasteiger partial charge in [0.2, 0.25) is 0 Å². The largest absolute Gasteiger partial charge is 0.497 e. The normalized spacial score (nSPS) is 10.7. The van der Waals surface area contributed by atoms with Gasteiger partial charge in [0.15, 0.2) is 0 Å². The molecular weight excluding hydrogens is 426 g/mol. The molecule has 0 unspecified atom stereocenters. The Morgan fingerprint density at radius 2 is 1.65 bits per heavy atom. The number of hydrogen-bond acceptors (Lipinski definition) is 5. The molecule has 0 aliphatic carbocycles. The minimum Gasteiger partial charge on any atom is -0.497 e. The van der Waals surface area contributed by atoms with Gasteiger partial charge in [-0.3, -0.25) is 4.79 Å². The first-order valence-corrected chi connectivity index (χ1v) is 11.4. The lowest BCUT2D eigenvalue weighted by molar-refractivity contribution is 0.102. The number of fused-ring (bicyclic) bond motifs is 1. The number of hydrogen-bond donors (Lipinski definition) is 1. The number of aromatic nitrogens is 1. The van der Waals surface area contributed by atoms with Crippen LogP contribution in [-0.4, -0.2) is 38.2 Å². The second-order valence-electron chi connectivity index (χ2n) is 7.81. The van der Waals surface area contributed by atoms with Crippen molar-refractivity contribution in [2.45, 2.75) is 13.8 Å². The fraction of sp³-hybridized carbons (Fsp3) is 0.214. The lowest BCUT2D eigenvalue weighted by atomic mass is 10.0. The van der Waals surface area contributed by atoms with Crippen molar-refractivity contribution in [3.05, 3.63) is 78.4 Å². The third-order valence-electron chi connectivity index (χ3n) is 5.90. The number of nitrogens with zero attached hydrogens (tertiary/aromatic N) is 2. The predicted octanol–water partition coefficient (Wildman–Crippen LogP) is 6.02. The molecule has 6 heteroatoms. The number of pyridine rings is 1. The molecule has 0 radical (unpaired) electrons. The molecular formula is C28H29N3O3. The summed E-state index contributed by atoms with van der Waals surface area (Å²) >= 11 is 0. The van der Waals surface area contributed by atoms with E-state index in [9.17, 15) is 4.79 Å². The Morgan fingerprint density at radius 3 is 2.32 bits per heavy atom. The molecule has 1 heterocycles. The molecule has 1 amide bonds. The Bertz CT molecular complexity index is 1300. The number of carbonyl (C=O) groups is 1. The van der Waals surface area contributed by atoms with Gasteiger partial charge < -0.3 is 19.7 Å². The average molecular weight is 456 g/mol. The van der Waals surface area contributed by atoms with Crippen LogP contribution in [0.25, 0.3) is 22.2 Å². The van der Waals surface area contributed by atoms with Gasteiger partial charge in [0.1, 0.15) is 11.5 Å². The van der Waals surface area contributed by atoms with Gasteiger partial charge in [-0.15, -0.1) is 0 Å². The first-order valence-electron chi connectivity index (χ1n) is 11.4. The number of rotatable bonds is 8. The van der Waals surface area contributed by atoms with Gasteiger partial charge >= 0.3 is 0 Å². The van der Waals surface area contributed by atoms with Gasteiger partial charge in [-0.1, -0.05) is 18.2 Å². The highest BCUT2D eigenvalue weighted by Crippen LogP contribution is 2.34. The van der Waals surface area contributed by atoms with Crippen LogP contribution in [0.1, 0.15) is 24.2 Å². The summed E-state index contributed by atoms with van der Waals surface area (Å²) in [4.78, 5) is 20.5. The van der Waals surface area contributed by atoms with E-state index in [2.05, 4.69) is 24.1 Å². The summed E-state index contributed by atoms with van der Waals surface area (Å²) in [6.07, 6.45) is 0. The third-order valence-corrected chi connectivity index (χ3v) is 5.90. The van der Waals surface area contributed by atoms with E-state index < -0.39 is 0 Å². The van der Waals surface area contributed by atoms with Crippen molar-refractivity contribution in [1.29, 1.82) is 0 Å². The number of carbonyl (C=O) groups excluding carboxylic acids is 1. The number of benzene rings is 3. The predicted molar refractivity (Wildman–Crippen MR) is 138 cm³/mol. The number of ether oxygens (including phenoxy) is 2. The van der Waals surface area contributed by atoms with E-state index in [-0.39, 0.29) is 5.91 Å². The van der Waals surface area contributed by atoms with Crippen LogP contribution < -0.4 is 19.7 Å². The van der Waals surface area contributed by atoms with Gasteiger partial charge in [0.05, 0.1) is 31.0 Å². The number of amides is 1. The maximum absolute atomic E-state index is 13.4. The Balaban J connectivity index is 1.72. The number of para-hydroxylation sites is 1. The van der Waals surface area contributed by atoms with E-state index in [4.69, 9.17) is 14.5 Å². The zero-order valence-corrected chi connectivity index (χ0v) is 20.0. The topological polar surface area (TPSA) is 63.7 Å². The molecule has 1 N–H and O–H groups in total. The van der Waals surface area contributed by atoms with Gasteiger partial charge in [0.25, 0.3) is 5.91 Å². The number of methoxy groups -OCH3 is 2. The molecule has 4 rings (SSSR count). The van der Waals surface area contributed by atoms with Gasteiger partial charge in [-0.2, -0.15) is 0 Å². The molecule has 4 aromatic rings. The summed E-state index contributed by atoms with van der Waals surface area (Å²) in [6.45, 7) is 6.12. The zero-order chi connectivity index (χ0) is 24.1. The maximum Gasteiger partial charge on any atom is 0.256 e. The fourth-order valence-electron chi connectivity index (χ4n) is 4.05. The molecule has 0 fully saturated rings. The van der Waals surface area contributed by atoms with E-state index in [0.717, 1.165) is 40.9 Å². The van der Waals surface area contributed by atoms with Crippen molar-refractivity contribution in [2.24, 2.45) is 0 Å². The van der Waals surface area contributed by atoms with Gasteiger partial charge in [-0.05, 0) is 62.4 Å². The zero-order valence-electron chi connectivity index (χ0n) is 20.0. The number of nitrogens with one attached hydrogen (secondary N) is 1. The van der Waals surface area contributed by atoms with Crippen molar-refractivity contribution in [1.82, 2.24) is 4.98 Å². The minimum absolute atomic E-state index is 0.192. The van der Waals surface area contributed by atoms with Crippen LogP contribution in [0.4, 0.5) is 11.4 Å². The Hall–Kier alpha value is -4.06. The molecule has 0 atom stereocenters.